The van der Waals surface area contributed by atoms with E-state index in [-0.39, 0.29) is 24.1 Å². The molecule has 2 amide bonds. The van der Waals surface area contributed by atoms with Crippen LogP contribution < -0.4 is 15.4 Å². The minimum atomic E-state index is -3.34. The van der Waals surface area contributed by atoms with Crippen molar-refractivity contribution < 1.29 is 18.0 Å². The van der Waals surface area contributed by atoms with E-state index in [0.29, 0.717) is 16.9 Å². The number of nitrogens with one attached hydrogen (secondary N) is 3. The Morgan fingerprint density at radius 2 is 1.56 bits per heavy atom. The number of anilines is 2. The number of rotatable bonds is 7. The average Bonchev–Trinajstić information content (AvgIpc) is 2.63. The Labute approximate surface area is 159 Å². The smallest absolute Gasteiger partial charge is 0.251 e. The van der Waals surface area contributed by atoms with Gasteiger partial charge in [-0.05, 0) is 68.3 Å². The van der Waals surface area contributed by atoms with Crippen LogP contribution in [0.5, 0.6) is 0 Å². The number of carbonyl (C=O) groups is 2. The summed E-state index contributed by atoms with van der Waals surface area (Å²) in [4.78, 5) is 24.1. The van der Waals surface area contributed by atoms with Gasteiger partial charge in [-0.3, -0.25) is 14.3 Å². The number of hydrogen-bond acceptors (Lipinski definition) is 4. The predicted octanol–water partition coefficient (Wildman–Crippen LogP) is 2.43. The van der Waals surface area contributed by atoms with Crippen LogP contribution in [0.1, 0.15) is 28.4 Å². The van der Waals surface area contributed by atoms with Gasteiger partial charge in [-0.2, -0.15) is 0 Å². The summed E-state index contributed by atoms with van der Waals surface area (Å²) in [5.74, 6) is -0.724. The highest BCUT2D eigenvalue weighted by molar-refractivity contribution is 7.92. The number of sulfonamides is 1. The second-order valence-electron chi connectivity index (χ2n) is 6.11. The van der Waals surface area contributed by atoms with Gasteiger partial charge >= 0.3 is 0 Å². The number of hydrogen-bond donors (Lipinski definition) is 3. The third-order valence-corrected chi connectivity index (χ3v) is 5.31. The summed E-state index contributed by atoms with van der Waals surface area (Å²) in [6.07, 6.45) is 0. The van der Waals surface area contributed by atoms with Crippen LogP contribution in [-0.2, 0) is 14.8 Å². The molecule has 2 aromatic carbocycles. The van der Waals surface area contributed by atoms with Crippen LogP contribution in [0.25, 0.3) is 0 Å². The summed E-state index contributed by atoms with van der Waals surface area (Å²) in [5.41, 5.74) is 3.51. The van der Waals surface area contributed by atoms with Crippen molar-refractivity contribution in [3.8, 4) is 0 Å². The highest BCUT2D eigenvalue weighted by Crippen LogP contribution is 2.15. The molecule has 0 atom stereocenters. The van der Waals surface area contributed by atoms with E-state index in [9.17, 15) is 18.0 Å². The normalized spacial score (nSPS) is 10.9. The second-order valence-corrected chi connectivity index (χ2v) is 8.12. The molecule has 0 spiro atoms. The Morgan fingerprint density at radius 1 is 0.926 bits per heavy atom. The molecule has 0 aliphatic heterocycles. The minimum Gasteiger partial charge on any atom is -0.343 e. The van der Waals surface area contributed by atoms with Crippen LogP contribution in [0, 0.1) is 13.8 Å². The summed E-state index contributed by atoms with van der Waals surface area (Å²) in [5, 5.41) is 5.22. The molecule has 0 radical (unpaired) electrons. The molecule has 3 N–H and O–H groups in total. The molecular formula is C19H23N3O4S. The summed E-state index contributed by atoms with van der Waals surface area (Å²) in [6, 6.07) is 11.6. The Kier molecular flexibility index (Phi) is 6.57. The minimum absolute atomic E-state index is 0.0221. The maximum Gasteiger partial charge on any atom is 0.251 e. The number of benzene rings is 2. The molecule has 0 saturated heterocycles. The first-order valence-corrected chi connectivity index (χ1v) is 10.1. The molecule has 7 nitrogen and oxygen atoms in total. The van der Waals surface area contributed by atoms with Gasteiger partial charge in [0, 0.05) is 16.9 Å². The fourth-order valence-corrected chi connectivity index (χ4v) is 2.86. The Hall–Kier alpha value is -2.87. The Morgan fingerprint density at radius 3 is 2.15 bits per heavy atom. The van der Waals surface area contributed by atoms with Gasteiger partial charge in [0.25, 0.3) is 5.91 Å². The lowest BCUT2D eigenvalue weighted by Gasteiger charge is -2.09. The van der Waals surface area contributed by atoms with Gasteiger partial charge < -0.3 is 10.6 Å². The first-order chi connectivity index (χ1) is 12.7. The second kappa shape index (κ2) is 8.68. The molecule has 0 bridgehead atoms. The van der Waals surface area contributed by atoms with Crippen LogP contribution in [-0.4, -0.2) is 32.5 Å². The van der Waals surface area contributed by atoms with E-state index in [1.54, 1.807) is 43.3 Å². The summed E-state index contributed by atoms with van der Waals surface area (Å²) in [7, 11) is -3.34. The van der Waals surface area contributed by atoms with Crippen LogP contribution in [0.4, 0.5) is 11.4 Å². The SMILES string of the molecule is CCS(=O)(=O)Nc1ccc(NC(=O)CNC(=O)c2ccc(C)c(C)c2)cc1. The van der Waals surface area contributed by atoms with Crippen molar-refractivity contribution in [3.63, 3.8) is 0 Å². The van der Waals surface area contributed by atoms with Crippen molar-refractivity contribution in [2.45, 2.75) is 20.8 Å². The topological polar surface area (TPSA) is 104 Å². The quantitative estimate of drug-likeness (QED) is 0.676. The van der Waals surface area contributed by atoms with Crippen molar-refractivity contribution >= 4 is 33.2 Å². The Balaban J connectivity index is 1.88. The highest BCUT2D eigenvalue weighted by atomic mass is 32.2. The van der Waals surface area contributed by atoms with Gasteiger partial charge in [0.2, 0.25) is 15.9 Å². The Bertz CT molecular complexity index is 938. The van der Waals surface area contributed by atoms with Crippen LogP contribution >= 0.6 is 0 Å². The highest BCUT2D eigenvalue weighted by Gasteiger charge is 2.10. The lowest BCUT2D eigenvalue weighted by Crippen LogP contribution is -2.32. The van der Waals surface area contributed by atoms with Gasteiger partial charge in [0.05, 0.1) is 12.3 Å². The standard InChI is InChI=1S/C19H23N3O4S/c1-4-27(25,26)22-17-9-7-16(8-10-17)21-18(23)12-20-19(24)15-6-5-13(2)14(3)11-15/h5-11,22H,4,12H2,1-3H3,(H,20,24)(H,21,23). The maximum atomic E-state index is 12.1. The summed E-state index contributed by atoms with van der Waals surface area (Å²) >= 11 is 0. The van der Waals surface area contributed by atoms with Crippen molar-refractivity contribution in [3.05, 3.63) is 59.2 Å². The molecule has 0 aliphatic carbocycles. The first-order valence-electron chi connectivity index (χ1n) is 8.46. The third-order valence-electron chi connectivity index (χ3n) is 4.00. The third kappa shape index (κ3) is 6.10. The van der Waals surface area contributed by atoms with Gasteiger partial charge in [-0.1, -0.05) is 6.07 Å². The van der Waals surface area contributed by atoms with Crippen LogP contribution in [0.15, 0.2) is 42.5 Å². The van der Waals surface area contributed by atoms with E-state index in [0.717, 1.165) is 11.1 Å². The maximum absolute atomic E-state index is 12.1. The molecule has 2 rings (SSSR count). The molecule has 8 heteroatoms. The van der Waals surface area contributed by atoms with E-state index in [2.05, 4.69) is 15.4 Å². The molecule has 0 saturated carbocycles. The lowest BCUT2D eigenvalue weighted by atomic mass is 10.1. The van der Waals surface area contributed by atoms with E-state index in [1.165, 1.54) is 0 Å². The molecule has 144 valence electrons. The predicted molar refractivity (Wildman–Crippen MR) is 106 cm³/mol. The molecule has 0 aliphatic rings. The first kappa shape index (κ1) is 20.4. The van der Waals surface area contributed by atoms with Crippen molar-refractivity contribution in [2.75, 3.05) is 22.3 Å². The van der Waals surface area contributed by atoms with Crippen LogP contribution in [0.2, 0.25) is 0 Å². The molecule has 27 heavy (non-hydrogen) atoms. The van der Waals surface area contributed by atoms with Crippen molar-refractivity contribution in [1.29, 1.82) is 0 Å². The lowest BCUT2D eigenvalue weighted by molar-refractivity contribution is -0.115. The zero-order valence-electron chi connectivity index (χ0n) is 15.5. The molecule has 0 aromatic heterocycles. The molecular weight excluding hydrogens is 366 g/mol. The zero-order chi connectivity index (χ0) is 20.0. The fraction of sp³-hybridized carbons (Fsp3) is 0.263. The van der Waals surface area contributed by atoms with Gasteiger partial charge in [-0.25, -0.2) is 8.42 Å². The van der Waals surface area contributed by atoms with Gasteiger partial charge in [-0.15, -0.1) is 0 Å². The monoisotopic (exact) mass is 389 g/mol. The van der Waals surface area contributed by atoms with E-state index >= 15 is 0 Å². The average molecular weight is 389 g/mol. The van der Waals surface area contributed by atoms with Gasteiger partial charge in [0.1, 0.15) is 0 Å². The largest absolute Gasteiger partial charge is 0.343 e. The molecule has 0 heterocycles. The fourth-order valence-electron chi connectivity index (χ4n) is 2.22. The van der Waals surface area contributed by atoms with E-state index in [4.69, 9.17) is 0 Å². The number of carbonyl (C=O) groups excluding carboxylic acids is 2. The number of aryl methyl sites for hydroxylation is 2. The van der Waals surface area contributed by atoms with Crippen molar-refractivity contribution in [2.24, 2.45) is 0 Å². The van der Waals surface area contributed by atoms with Crippen LogP contribution in [0.3, 0.4) is 0 Å². The zero-order valence-corrected chi connectivity index (χ0v) is 16.3. The van der Waals surface area contributed by atoms with E-state index in [1.807, 2.05) is 19.9 Å². The summed E-state index contributed by atoms with van der Waals surface area (Å²) < 4.78 is 25.4. The number of amides is 2. The molecule has 2 aromatic rings. The summed E-state index contributed by atoms with van der Waals surface area (Å²) in [6.45, 7) is 5.26. The van der Waals surface area contributed by atoms with E-state index < -0.39 is 10.0 Å². The molecule has 0 unspecified atom stereocenters. The van der Waals surface area contributed by atoms with Crippen molar-refractivity contribution in [1.82, 2.24) is 5.32 Å². The molecule has 0 fully saturated rings. The van der Waals surface area contributed by atoms with Gasteiger partial charge in [0.15, 0.2) is 0 Å².